The molecule has 0 fully saturated rings. The number of aryl methyl sites for hydroxylation is 3. The highest BCUT2D eigenvalue weighted by molar-refractivity contribution is 6.05. The summed E-state index contributed by atoms with van der Waals surface area (Å²) in [6.45, 7) is 9.32. The second kappa shape index (κ2) is 7.11. The van der Waals surface area contributed by atoms with Crippen LogP contribution < -0.4 is 5.63 Å². The molecule has 0 aliphatic carbocycles. The number of hydrogen-bond acceptors (Lipinski definition) is 6. The van der Waals surface area contributed by atoms with Gasteiger partial charge in [-0.1, -0.05) is 0 Å². The predicted octanol–water partition coefficient (Wildman–Crippen LogP) is 2.83. The molecule has 0 aromatic carbocycles. The Labute approximate surface area is 150 Å². The number of nitrogens with one attached hydrogen (secondary N) is 1. The average molecular weight is 359 g/mol. The minimum absolute atomic E-state index is 0.119. The fourth-order valence-electron chi connectivity index (χ4n) is 3.06. The van der Waals surface area contributed by atoms with Crippen LogP contribution in [0.5, 0.6) is 0 Å². The minimum atomic E-state index is -1.08. The largest absolute Gasteiger partial charge is 0.450 e. The lowest BCUT2D eigenvalue weighted by molar-refractivity contribution is 0.0312. The maximum Gasteiger partial charge on any atom is 0.342 e. The Hall–Kier alpha value is -2.96. The molecular formula is C19H21NO6. The van der Waals surface area contributed by atoms with Crippen molar-refractivity contribution >= 4 is 17.5 Å². The summed E-state index contributed by atoms with van der Waals surface area (Å²) in [6, 6.07) is 1.19. The number of esters is 1. The van der Waals surface area contributed by atoms with E-state index in [9.17, 15) is 19.2 Å². The molecule has 2 aromatic heterocycles. The van der Waals surface area contributed by atoms with E-state index in [0.29, 0.717) is 22.4 Å². The standard InChI is InChI=1S/C19H21NO6/c1-8-7-14(22)25-12(5)15(8)19(24)26-13(6)18(23)17-9(2)16(11(4)21)10(3)20-17/h7,13,20H,1-6H3/t13-/m1/s1. The monoisotopic (exact) mass is 359 g/mol. The first-order valence-corrected chi connectivity index (χ1v) is 8.11. The smallest absolute Gasteiger partial charge is 0.342 e. The molecule has 2 rings (SSSR count). The van der Waals surface area contributed by atoms with Crippen molar-refractivity contribution in [2.45, 2.75) is 47.6 Å². The zero-order chi connectivity index (χ0) is 19.8. The minimum Gasteiger partial charge on any atom is -0.450 e. The Balaban J connectivity index is 2.28. The van der Waals surface area contributed by atoms with E-state index in [0.717, 1.165) is 0 Å². The third-order valence-corrected chi connectivity index (χ3v) is 4.23. The molecule has 0 saturated heterocycles. The first kappa shape index (κ1) is 19.4. The van der Waals surface area contributed by atoms with Gasteiger partial charge in [-0.3, -0.25) is 9.59 Å². The second-order valence-electron chi connectivity index (χ2n) is 6.27. The summed E-state index contributed by atoms with van der Waals surface area (Å²) >= 11 is 0. The summed E-state index contributed by atoms with van der Waals surface area (Å²) in [5, 5.41) is 0. The van der Waals surface area contributed by atoms with Crippen molar-refractivity contribution in [1.29, 1.82) is 0 Å². The lowest BCUT2D eigenvalue weighted by Crippen LogP contribution is -2.26. The first-order chi connectivity index (χ1) is 12.0. The van der Waals surface area contributed by atoms with E-state index in [1.54, 1.807) is 20.8 Å². The van der Waals surface area contributed by atoms with Gasteiger partial charge in [-0.05, 0) is 52.7 Å². The van der Waals surface area contributed by atoms with E-state index in [-0.39, 0.29) is 22.8 Å². The van der Waals surface area contributed by atoms with E-state index < -0.39 is 23.5 Å². The summed E-state index contributed by atoms with van der Waals surface area (Å²) in [5.74, 6) is -1.22. The maximum absolute atomic E-state index is 12.7. The predicted molar refractivity (Wildman–Crippen MR) is 93.9 cm³/mol. The van der Waals surface area contributed by atoms with Gasteiger partial charge in [0.25, 0.3) is 0 Å². The van der Waals surface area contributed by atoms with Crippen LogP contribution in [0.4, 0.5) is 0 Å². The van der Waals surface area contributed by atoms with Crippen LogP contribution in [0, 0.1) is 27.7 Å². The number of rotatable bonds is 5. The van der Waals surface area contributed by atoms with Gasteiger partial charge >= 0.3 is 11.6 Å². The molecule has 0 radical (unpaired) electrons. The Morgan fingerprint density at radius 2 is 1.73 bits per heavy atom. The number of aromatic amines is 1. The van der Waals surface area contributed by atoms with Crippen LogP contribution in [0.2, 0.25) is 0 Å². The highest BCUT2D eigenvalue weighted by Gasteiger charge is 2.27. The third-order valence-electron chi connectivity index (χ3n) is 4.23. The van der Waals surface area contributed by atoms with Gasteiger partial charge in [0.15, 0.2) is 11.9 Å². The zero-order valence-electron chi connectivity index (χ0n) is 15.6. The highest BCUT2D eigenvalue weighted by Crippen LogP contribution is 2.21. The van der Waals surface area contributed by atoms with Crippen LogP contribution in [0.15, 0.2) is 15.3 Å². The average Bonchev–Trinajstić information content (AvgIpc) is 2.79. The Morgan fingerprint density at radius 3 is 2.23 bits per heavy atom. The molecule has 2 heterocycles. The van der Waals surface area contributed by atoms with Crippen LogP contribution in [0.3, 0.4) is 0 Å². The van der Waals surface area contributed by atoms with Gasteiger partial charge in [-0.25, -0.2) is 9.59 Å². The first-order valence-electron chi connectivity index (χ1n) is 8.11. The van der Waals surface area contributed by atoms with Gasteiger partial charge in [0.05, 0.1) is 5.69 Å². The lowest BCUT2D eigenvalue weighted by Gasteiger charge is -2.14. The normalized spacial score (nSPS) is 11.9. The van der Waals surface area contributed by atoms with Gasteiger partial charge in [0.1, 0.15) is 11.3 Å². The fraction of sp³-hybridized carbons (Fsp3) is 0.368. The molecule has 0 aliphatic rings. The van der Waals surface area contributed by atoms with Crippen LogP contribution in [-0.2, 0) is 4.74 Å². The van der Waals surface area contributed by atoms with E-state index in [1.165, 1.54) is 26.8 Å². The number of H-pyrrole nitrogens is 1. The summed E-state index contributed by atoms with van der Waals surface area (Å²) in [7, 11) is 0. The van der Waals surface area contributed by atoms with Crippen molar-refractivity contribution in [3.63, 3.8) is 0 Å². The molecule has 0 amide bonds. The molecular weight excluding hydrogens is 338 g/mol. The summed E-state index contributed by atoms with van der Waals surface area (Å²) < 4.78 is 10.2. The number of carbonyl (C=O) groups is 3. The Bertz CT molecular complexity index is 937. The number of carbonyl (C=O) groups excluding carboxylic acids is 3. The van der Waals surface area contributed by atoms with Crippen LogP contribution in [0.1, 0.15) is 67.6 Å². The zero-order valence-corrected chi connectivity index (χ0v) is 15.6. The summed E-state index contributed by atoms with van der Waals surface area (Å²) in [5.41, 5.74) is 1.79. The Kier molecular flexibility index (Phi) is 5.30. The molecule has 0 spiro atoms. The third kappa shape index (κ3) is 3.51. The number of aromatic nitrogens is 1. The van der Waals surface area contributed by atoms with E-state index >= 15 is 0 Å². The van der Waals surface area contributed by atoms with Crippen LogP contribution >= 0.6 is 0 Å². The SMILES string of the molecule is CC(=O)c1c(C)[nH]c(C(=O)[C@@H](C)OC(=O)c2c(C)cc(=O)oc2C)c1C. The molecule has 0 aliphatic heterocycles. The van der Waals surface area contributed by atoms with Crippen molar-refractivity contribution in [3.05, 3.63) is 55.9 Å². The number of ether oxygens (including phenoxy) is 1. The van der Waals surface area contributed by atoms with Gasteiger partial charge in [0, 0.05) is 17.3 Å². The van der Waals surface area contributed by atoms with Gasteiger partial charge < -0.3 is 14.1 Å². The molecule has 7 nitrogen and oxygen atoms in total. The van der Waals surface area contributed by atoms with Crippen molar-refractivity contribution in [2.24, 2.45) is 0 Å². The number of hydrogen-bond donors (Lipinski definition) is 1. The molecule has 138 valence electrons. The van der Waals surface area contributed by atoms with Crippen molar-refractivity contribution in [1.82, 2.24) is 4.98 Å². The second-order valence-corrected chi connectivity index (χ2v) is 6.27. The summed E-state index contributed by atoms with van der Waals surface area (Å²) in [6.07, 6.45) is -1.08. The van der Waals surface area contributed by atoms with Crippen molar-refractivity contribution < 1.29 is 23.5 Å². The number of Topliss-reactive ketones (excluding diaryl/α,β-unsaturated/α-hetero) is 2. The maximum atomic E-state index is 12.7. The van der Waals surface area contributed by atoms with Crippen LogP contribution in [0.25, 0.3) is 0 Å². The van der Waals surface area contributed by atoms with Crippen molar-refractivity contribution in [2.75, 3.05) is 0 Å². The molecule has 0 unspecified atom stereocenters. The quantitative estimate of drug-likeness (QED) is 0.650. The molecule has 0 saturated carbocycles. The van der Waals surface area contributed by atoms with Gasteiger partial charge in [0.2, 0.25) is 5.78 Å². The Morgan fingerprint density at radius 1 is 1.12 bits per heavy atom. The molecule has 0 bridgehead atoms. The topological polar surface area (TPSA) is 106 Å². The van der Waals surface area contributed by atoms with Gasteiger partial charge in [-0.2, -0.15) is 0 Å². The molecule has 1 N–H and O–H groups in total. The number of ketones is 2. The molecule has 26 heavy (non-hydrogen) atoms. The van der Waals surface area contributed by atoms with E-state index in [4.69, 9.17) is 9.15 Å². The van der Waals surface area contributed by atoms with E-state index in [1.807, 2.05) is 0 Å². The molecule has 1 atom stereocenters. The van der Waals surface area contributed by atoms with E-state index in [2.05, 4.69) is 4.98 Å². The van der Waals surface area contributed by atoms with Crippen molar-refractivity contribution in [3.8, 4) is 0 Å². The molecule has 7 heteroatoms. The highest BCUT2D eigenvalue weighted by atomic mass is 16.5. The molecule has 2 aromatic rings. The summed E-state index contributed by atoms with van der Waals surface area (Å²) in [4.78, 5) is 51.0. The lowest BCUT2D eigenvalue weighted by atomic mass is 10.0. The fourth-order valence-corrected chi connectivity index (χ4v) is 3.06. The van der Waals surface area contributed by atoms with Crippen LogP contribution in [-0.4, -0.2) is 28.6 Å². The van der Waals surface area contributed by atoms with Gasteiger partial charge in [-0.15, -0.1) is 0 Å².